The Hall–Kier alpha value is -5.45. The second-order valence-electron chi connectivity index (χ2n) is 12.1. The van der Waals surface area contributed by atoms with E-state index in [4.69, 9.17) is 4.74 Å². The van der Waals surface area contributed by atoms with E-state index in [1.807, 2.05) is 57.2 Å². The van der Waals surface area contributed by atoms with Crippen molar-refractivity contribution in [3.8, 4) is 11.1 Å². The highest BCUT2D eigenvalue weighted by Gasteiger charge is 2.36. The van der Waals surface area contributed by atoms with Crippen LogP contribution in [-0.2, 0) is 4.74 Å². The number of aromatic nitrogens is 4. The Morgan fingerprint density at radius 3 is 2.52 bits per heavy atom. The lowest BCUT2D eigenvalue weighted by molar-refractivity contribution is 0.0196. The zero-order valence-corrected chi connectivity index (χ0v) is 25.9. The minimum atomic E-state index is -0.713. The standard InChI is InChI=1S/C35H34FN7O3/c1-35(2,3)46-34(45)42-18-5-8-27(22-42)43(32(44)29-12-10-26(20-30(29)36)41-33-39-15-6-16-40-33)31-28-11-9-23(19-24(28)13-17-38-31)25-7-4-14-37-21-25/h4,6-7,9-17,19-21,27H,5,8,18,22H2,1-3H3,(H,39,40,41)/t27-/m1/s1. The fraction of sp³-hybridized carbons (Fsp3) is 0.257. The van der Waals surface area contributed by atoms with Gasteiger partial charge in [0.25, 0.3) is 5.91 Å². The molecule has 5 aromatic rings. The fourth-order valence-corrected chi connectivity index (χ4v) is 5.55. The van der Waals surface area contributed by atoms with Gasteiger partial charge in [-0.3, -0.25) is 14.7 Å². The molecule has 0 unspecified atom stereocenters. The number of halogens is 1. The number of amides is 2. The van der Waals surface area contributed by atoms with Crippen LogP contribution in [0.3, 0.4) is 0 Å². The molecule has 1 fully saturated rings. The van der Waals surface area contributed by atoms with Gasteiger partial charge in [0.05, 0.1) is 11.6 Å². The Bertz CT molecular complexity index is 1870. The number of carbonyl (C=O) groups is 2. The lowest BCUT2D eigenvalue weighted by atomic mass is 10.00. The second kappa shape index (κ2) is 12.9. The molecule has 2 aromatic carbocycles. The molecule has 1 N–H and O–H groups in total. The minimum absolute atomic E-state index is 0.125. The Labute approximate surface area is 266 Å². The van der Waals surface area contributed by atoms with Crippen molar-refractivity contribution >= 4 is 40.2 Å². The van der Waals surface area contributed by atoms with Crippen molar-refractivity contribution in [3.05, 3.63) is 103 Å². The zero-order chi connectivity index (χ0) is 32.3. The molecule has 4 heterocycles. The summed E-state index contributed by atoms with van der Waals surface area (Å²) in [5.41, 5.74) is 1.51. The molecule has 3 aromatic heterocycles. The van der Waals surface area contributed by atoms with Crippen LogP contribution in [0.15, 0.2) is 91.6 Å². The monoisotopic (exact) mass is 619 g/mol. The SMILES string of the molecule is CC(C)(C)OC(=O)N1CCC[C@@H](N(C(=O)c2ccc(Nc3ncccn3)cc2F)c2nccc3cc(-c4cccnc4)ccc23)C1. The Morgan fingerprint density at radius 1 is 0.957 bits per heavy atom. The topological polar surface area (TPSA) is 113 Å². The second-order valence-corrected chi connectivity index (χ2v) is 12.1. The molecule has 6 rings (SSSR count). The molecule has 234 valence electrons. The average Bonchev–Trinajstić information content (AvgIpc) is 3.05. The van der Waals surface area contributed by atoms with Crippen molar-refractivity contribution in [2.75, 3.05) is 23.3 Å². The maximum absolute atomic E-state index is 15.8. The lowest BCUT2D eigenvalue weighted by Gasteiger charge is -2.39. The van der Waals surface area contributed by atoms with Crippen LogP contribution in [0.1, 0.15) is 44.0 Å². The number of carbonyl (C=O) groups excluding carboxylic acids is 2. The number of likely N-dealkylation sites (tertiary alicyclic amines) is 1. The third-order valence-electron chi connectivity index (χ3n) is 7.62. The number of pyridine rings is 2. The van der Waals surface area contributed by atoms with Crippen molar-refractivity contribution in [1.82, 2.24) is 24.8 Å². The lowest BCUT2D eigenvalue weighted by Crippen LogP contribution is -2.53. The summed E-state index contributed by atoms with van der Waals surface area (Å²) in [6.45, 7) is 6.13. The van der Waals surface area contributed by atoms with E-state index < -0.39 is 29.5 Å². The summed E-state index contributed by atoms with van der Waals surface area (Å²) in [6.07, 6.45) is 9.06. The highest BCUT2D eigenvalue weighted by atomic mass is 19.1. The van der Waals surface area contributed by atoms with Gasteiger partial charge in [0.15, 0.2) is 0 Å². The van der Waals surface area contributed by atoms with Crippen LogP contribution >= 0.6 is 0 Å². The van der Waals surface area contributed by atoms with Gasteiger partial charge in [0.1, 0.15) is 17.2 Å². The van der Waals surface area contributed by atoms with E-state index in [2.05, 4.69) is 25.3 Å². The summed E-state index contributed by atoms with van der Waals surface area (Å²) in [5.74, 6) is -0.588. The number of piperidine rings is 1. The fourth-order valence-electron chi connectivity index (χ4n) is 5.55. The first kappa shape index (κ1) is 30.6. The van der Waals surface area contributed by atoms with Gasteiger partial charge < -0.3 is 15.0 Å². The number of benzene rings is 2. The molecule has 0 radical (unpaired) electrons. The van der Waals surface area contributed by atoms with Crippen molar-refractivity contribution in [2.45, 2.75) is 45.3 Å². The van der Waals surface area contributed by atoms with E-state index in [0.717, 1.165) is 21.9 Å². The van der Waals surface area contributed by atoms with Crippen LogP contribution in [0.5, 0.6) is 0 Å². The molecule has 0 bridgehead atoms. The normalized spacial score (nSPS) is 15.0. The molecule has 46 heavy (non-hydrogen) atoms. The molecule has 0 saturated carbocycles. The van der Waals surface area contributed by atoms with Crippen LogP contribution in [0, 0.1) is 5.82 Å². The third kappa shape index (κ3) is 6.78. The van der Waals surface area contributed by atoms with Crippen LogP contribution < -0.4 is 10.2 Å². The van der Waals surface area contributed by atoms with Crippen LogP contribution in [0.25, 0.3) is 21.9 Å². The maximum atomic E-state index is 15.8. The van der Waals surface area contributed by atoms with Gasteiger partial charge in [-0.1, -0.05) is 18.2 Å². The molecule has 1 aliphatic rings. The summed E-state index contributed by atoms with van der Waals surface area (Å²) < 4.78 is 21.4. The number of hydrogen-bond acceptors (Lipinski definition) is 8. The van der Waals surface area contributed by atoms with E-state index in [1.54, 1.807) is 48.0 Å². The summed E-state index contributed by atoms with van der Waals surface area (Å²) >= 11 is 0. The van der Waals surface area contributed by atoms with E-state index in [0.29, 0.717) is 36.8 Å². The first-order valence-electron chi connectivity index (χ1n) is 15.1. The van der Waals surface area contributed by atoms with Gasteiger partial charge >= 0.3 is 6.09 Å². The van der Waals surface area contributed by atoms with E-state index >= 15 is 4.39 Å². The smallest absolute Gasteiger partial charge is 0.410 e. The molecule has 0 spiro atoms. The van der Waals surface area contributed by atoms with Gasteiger partial charge in [0.2, 0.25) is 5.95 Å². The molecule has 1 aliphatic heterocycles. The molecule has 0 aliphatic carbocycles. The van der Waals surface area contributed by atoms with Crippen molar-refractivity contribution in [1.29, 1.82) is 0 Å². The minimum Gasteiger partial charge on any atom is -0.444 e. The van der Waals surface area contributed by atoms with Gasteiger partial charge in [-0.05, 0) is 87.0 Å². The highest BCUT2D eigenvalue weighted by molar-refractivity contribution is 6.10. The van der Waals surface area contributed by atoms with Crippen LogP contribution in [-0.4, -0.2) is 61.6 Å². The predicted molar refractivity (Wildman–Crippen MR) is 174 cm³/mol. The molecule has 1 atom stereocenters. The summed E-state index contributed by atoms with van der Waals surface area (Å²) in [4.78, 5) is 47.8. The summed E-state index contributed by atoms with van der Waals surface area (Å²) in [5, 5.41) is 4.53. The molecular weight excluding hydrogens is 585 g/mol. The van der Waals surface area contributed by atoms with Gasteiger partial charge in [-0.15, -0.1) is 0 Å². The van der Waals surface area contributed by atoms with Gasteiger partial charge in [-0.25, -0.2) is 24.1 Å². The largest absolute Gasteiger partial charge is 0.444 e. The van der Waals surface area contributed by atoms with Gasteiger partial charge in [0, 0.05) is 60.7 Å². The molecule has 2 amide bonds. The van der Waals surface area contributed by atoms with Crippen molar-refractivity contribution < 1.29 is 18.7 Å². The Balaban J connectivity index is 1.39. The number of nitrogens with zero attached hydrogens (tertiary/aromatic N) is 6. The summed E-state index contributed by atoms with van der Waals surface area (Å²) in [7, 11) is 0. The number of ether oxygens (including phenoxy) is 1. The van der Waals surface area contributed by atoms with Crippen molar-refractivity contribution in [2.24, 2.45) is 0 Å². The molecule has 11 heteroatoms. The number of hydrogen-bond donors (Lipinski definition) is 1. The number of anilines is 3. The van der Waals surface area contributed by atoms with E-state index in [9.17, 15) is 9.59 Å². The number of rotatable bonds is 6. The molecule has 1 saturated heterocycles. The number of nitrogens with one attached hydrogen (secondary N) is 1. The highest BCUT2D eigenvalue weighted by Crippen LogP contribution is 2.33. The molecule has 10 nitrogen and oxygen atoms in total. The number of fused-ring (bicyclic) bond motifs is 1. The average molecular weight is 620 g/mol. The predicted octanol–water partition coefficient (Wildman–Crippen LogP) is 7.02. The van der Waals surface area contributed by atoms with Crippen LogP contribution in [0.4, 0.5) is 26.6 Å². The Kier molecular flexibility index (Phi) is 8.56. The van der Waals surface area contributed by atoms with Crippen LogP contribution in [0.2, 0.25) is 0 Å². The zero-order valence-electron chi connectivity index (χ0n) is 25.9. The van der Waals surface area contributed by atoms with Crippen molar-refractivity contribution in [3.63, 3.8) is 0 Å². The van der Waals surface area contributed by atoms with E-state index in [-0.39, 0.29) is 12.1 Å². The quantitative estimate of drug-likeness (QED) is 0.216. The molecular formula is C35H34FN7O3. The maximum Gasteiger partial charge on any atom is 0.410 e. The third-order valence-corrected chi connectivity index (χ3v) is 7.62. The van der Waals surface area contributed by atoms with Gasteiger partial charge in [-0.2, -0.15) is 0 Å². The van der Waals surface area contributed by atoms with E-state index in [1.165, 1.54) is 17.0 Å². The Morgan fingerprint density at radius 2 is 1.78 bits per heavy atom. The first-order valence-corrected chi connectivity index (χ1v) is 15.1. The summed E-state index contributed by atoms with van der Waals surface area (Å²) in [6, 6.07) is 17.1. The first-order chi connectivity index (χ1) is 22.2.